The quantitative estimate of drug-likeness (QED) is 0.525. The van der Waals surface area contributed by atoms with Crippen LogP contribution < -0.4 is 10.1 Å². The van der Waals surface area contributed by atoms with Crippen LogP contribution in [-0.2, 0) is 17.9 Å². The van der Waals surface area contributed by atoms with Crippen molar-refractivity contribution in [3.8, 4) is 5.75 Å². The predicted octanol–water partition coefficient (Wildman–Crippen LogP) is 5.08. The summed E-state index contributed by atoms with van der Waals surface area (Å²) in [5.41, 5.74) is 1.55. The number of fused-ring (bicyclic) bond motifs is 3. The van der Waals surface area contributed by atoms with Crippen LogP contribution in [0.2, 0.25) is 0 Å². The lowest BCUT2D eigenvalue weighted by Crippen LogP contribution is -2.64. The number of nitrogens with one attached hydrogen (secondary N) is 1. The molecule has 1 atom stereocenters. The van der Waals surface area contributed by atoms with Crippen LogP contribution in [0.15, 0.2) is 48.5 Å². The normalized spacial score (nSPS) is 21.1. The van der Waals surface area contributed by atoms with Crippen molar-refractivity contribution in [3.63, 3.8) is 0 Å². The third kappa shape index (κ3) is 4.71. The lowest BCUT2D eigenvalue weighted by atomic mass is 9.92. The Balaban J connectivity index is 1.48. The summed E-state index contributed by atoms with van der Waals surface area (Å²) in [6.45, 7) is 5.13. The van der Waals surface area contributed by atoms with E-state index in [2.05, 4.69) is 10.3 Å². The summed E-state index contributed by atoms with van der Waals surface area (Å²) >= 11 is 0. The third-order valence-corrected chi connectivity index (χ3v) is 7.66. The zero-order valence-electron chi connectivity index (χ0n) is 21.3. The van der Waals surface area contributed by atoms with Crippen molar-refractivity contribution in [1.82, 2.24) is 19.8 Å². The number of hydrogen-bond donors (Lipinski definition) is 1. The molecule has 2 amide bonds. The number of carbonyl (C=O) groups is 2. The van der Waals surface area contributed by atoms with E-state index in [9.17, 15) is 9.59 Å². The minimum Gasteiger partial charge on any atom is -0.494 e. The fourth-order valence-corrected chi connectivity index (χ4v) is 5.56. The van der Waals surface area contributed by atoms with Gasteiger partial charge in [0.1, 0.15) is 11.3 Å². The van der Waals surface area contributed by atoms with E-state index in [1.807, 2.05) is 66.9 Å². The molecule has 1 aromatic heterocycles. The molecule has 1 unspecified atom stereocenters. The molecule has 0 spiro atoms. The first-order chi connectivity index (χ1) is 17.5. The molecule has 36 heavy (non-hydrogen) atoms. The van der Waals surface area contributed by atoms with Crippen molar-refractivity contribution in [2.45, 2.75) is 83.5 Å². The number of hydrogen-bond acceptors (Lipinski definition) is 4. The summed E-state index contributed by atoms with van der Waals surface area (Å²) in [5, 5.41) is 3.34. The summed E-state index contributed by atoms with van der Waals surface area (Å²) < 4.78 is 7.50. The molecule has 0 bridgehead atoms. The summed E-state index contributed by atoms with van der Waals surface area (Å²) in [7, 11) is 0. The van der Waals surface area contributed by atoms with Gasteiger partial charge in [0.25, 0.3) is 5.91 Å². The van der Waals surface area contributed by atoms with Crippen molar-refractivity contribution in [1.29, 1.82) is 0 Å². The summed E-state index contributed by atoms with van der Waals surface area (Å²) in [5.74, 6) is 0.869. The highest BCUT2D eigenvalue weighted by atomic mass is 16.5. The molecule has 3 aromatic rings. The second-order valence-electron chi connectivity index (χ2n) is 10.3. The molecule has 1 N–H and O–H groups in total. The van der Waals surface area contributed by atoms with Crippen LogP contribution in [0.5, 0.6) is 5.75 Å². The van der Waals surface area contributed by atoms with Crippen LogP contribution in [0.25, 0.3) is 11.0 Å². The highest BCUT2D eigenvalue weighted by molar-refractivity contribution is 6.01. The second-order valence-corrected chi connectivity index (χ2v) is 10.3. The molecule has 2 aliphatic rings. The molecular weight excluding hydrogens is 452 g/mol. The van der Waals surface area contributed by atoms with Crippen LogP contribution >= 0.6 is 0 Å². The van der Waals surface area contributed by atoms with E-state index in [-0.39, 0.29) is 17.9 Å². The van der Waals surface area contributed by atoms with Gasteiger partial charge < -0.3 is 19.5 Å². The van der Waals surface area contributed by atoms with Crippen LogP contribution in [0.4, 0.5) is 0 Å². The molecule has 1 aliphatic carbocycles. The van der Waals surface area contributed by atoms with Gasteiger partial charge in [-0.2, -0.15) is 0 Å². The fourth-order valence-electron chi connectivity index (χ4n) is 5.56. The summed E-state index contributed by atoms with van der Waals surface area (Å²) in [4.78, 5) is 34.3. The molecule has 2 aromatic carbocycles. The van der Waals surface area contributed by atoms with Crippen molar-refractivity contribution in [2.75, 3.05) is 6.61 Å². The molecule has 1 aliphatic heterocycles. The van der Waals surface area contributed by atoms with Gasteiger partial charge in [0.15, 0.2) is 5.82 Å². The van der Waals surface area contributed by atoms with E-state index in [0.29, 0.717) is 25.5 Å². The largest absolute Gasteiger partial charge is 0.494 e. The van der Waals surface area contributed by atoms with Crippen LogP contribution in [0.3, 0.4) is 0 Å². The number of imidazole rings is 1. The smallest absolute Gasteiger partial charge is 0.291 e. The van der Waals surface area contributed by atoms with Crippen molar-refractivity contribution < 1.29 is 14.3 Å². The number of carbonyl (C=O) groups excluding carboxylic acids is 2. The second kappa shape index (κ2) is 10.3. The molecular formula is C29H36N4O3. The van der Waals surface area contributed by atoms with Gasteiger partial charge >= 0.3 is 0 Å². The number of nitrogens with zero attached hydrogens (tertiary/aromatic N) is 3. The molecule has 7 heteroatoms. The Hall–Kier alpha value is -3.35. The molecule has 7 nitrogen and oxygen atoms in total. The third-order valence-electron chi connectivity index (χ3n) is 7.66. The van der Waals surface area contributed by atoms with Crippen LogP contribution in [0, 0.1) is 0 Å². The molecule has 190 valence electrons. The first-order valence-electron chi connectivity index (χ1n) is 13.3. The maximum absolute atomic E-state index is 14.0. The Morgan fingerprint density at radius 1 is 1.06 bits per heavy atom. The molecule has 0 radical (unpaired) electrons. The monoisotopic (exact) mass is 488 g/mol. The number of benzene rings is 2. The molecule has 5 rings (SSSR count). The van der Waals surface area contributed by atoms with Crippen molar-refractivity contribution in [3.05, 3.63) is 59.9 Å². The Bertz CT molecular complexity index is 1230. The number of ether oxygens (including phenoxy) is 1. The van der Waals surface area contributed by atoms with E-state index >= 15 is 0 Å². The Morgan fingerprint density at radius 3 is 2.47 bits per heavy atom. The topological polar surface area (TPSA) is 76.5 Å². The van der Waals surface area contributed by atoms with E-state index < -0.39 is 5.54 Å². The van der Waals surface area contributed by atoms with Gasteiger partial charge in [0.05, 0.1) is 24.2 Å². The van der Waals surface area contributed by atoms with Gasteiger partial charge in [0.2, 0.25) is 5.91 Å². The Labute approximate surface area is 212 Å². The number of aromatic nitrogens is 2. The maximum Gasteiger partial charge on any atom is 0.291 e. The Morgan fingerprint density at radius 2 is 1.75 bits per heavy atom. The predicted molar refractivity (Wildman–Crippen MR) is 140 cm³/mol. The van der Waals surface area contributed by atoms with Crippen molar-refractivity contribution in [2.24, 2.45) is 0 Å². The number of amides is 2. The first-order valence-corrected chi connectivity index (χ1v) is 13.3. The maximum atomic E-state index is 14.0. The van der Waals surface area contributed by atoms with E-state index in [1.54, 1.807) is 4.90 Å². The number of para-hydroxylation sites is 2. The summed E-state index contributed by atoms with van der Waals surface area (Å²) in [6, 6.07) is 15.6. The van der Waals surface area contributed by atoms with Crippen LogP contribution in [0.1, 0.15) is 75.0 Å². The zero-order valence-corrected chi connectivity index (χ0v) is 21.3. The highest BCUT2D eigenvalue weighted by Gasteiger charge is 2.48. The molecule has 1 saturated carbocycles. The summed E-state index contributed by atoms with van der Waals surface area (Å²) in [6.07, 6.45) is 7.97. The average molecular weight is 489 g/mol. The molecule has 2 heterocycles. The number of rotatable bonds is 6. The average Bonchev–Trinajstić information content (AvgIpc) is 3.23. The minimum atomic E-state index is -1.05. The van der Waals surface area contributed by atoms with Gasteiger partial charge in [-0.05, 0) is 56.5 Å². The van der Waals surface area contributed by atoms with Gasteiger partial charge in [-0.1, -0.05) is 56.4 Å². The highest BCUT2D eigenvalue weighted by Crippen LogP contribution is 2.32. The van der Waals surface area contributed by atoms with Gasteiger partial charge in [0, 0.05) is 12.6 Å². The van der Waals surface area contributed by atoms with Crippen LogP contribution in [-0.4, -0.2) is 44.5 Å². The lowest BCUT2D eigenvalue weighted by molar-refractivity contribution is -0.134. The first kappa shape index (κ1) is 24.3. The van der Waals surface area contributed by atoms with Gasteiger partial charge in [-0.15, -0.1) is 0 Å². The van der Waals surface area contributed by atoms with Gasteiger partial charge in [-0.25, -0.2) is 4.98 Å². The van der Waals surface area contributed by atoms with E-state index in [0.717, 1.165) is 48.0 Å². The standard InChI is InChI=1S/C29H36N4O3/c1-3-36-23-17-15-21(16-18-23)19-33-27(34)26-31-24-13-9-10-14-25(24)32(26)20-29(33,2)28(35)30-22-11-7-5-4-6-8-12-22/h9-10,13-18,22H,3-8,11-12,19-20H2,1-2H3,(H,30,35). The molecule has 1 fully saturated rings. The van der Waals surface area contributed by atoms with Crippen molar-refractivity contribution >= 4 is 22.8 Å². The van der Waals surface area contributed by atoms with E-state index in [4.69, 9.17) is 4.74 Å². The minimum absolute atomic E-state index is 0.0872. The zero-order chi connectivity index (χ0) is 25.1. The van der Waals surface area contributed by atoms with E-state index in [1.165, 1.54) is 19.3 Å². The SMILES string of the molecule is CCOc1ccc(CN2C(=O)c3nc4ccccc4n3CC2(C)C(=O)NC2CCCCCCC2)cc1. The molecule has 0 saturated heterocycles. The van der Waals surface area contributed by atoms with Gasteiger partial charge in [-0.3, -0.25) is 9.59 Å². The Kier molecular flexibility index (Phi) is 6.99. The lowest BCUT2D eigenvalue weighted by Gasteiger charge is -2.44. The fraction of sp³-hybridized carbons (Fsp3) is 0.483.